The van der Waals surface area contributed by atoms with Crippen molar-refractivity contribution in [1.82, 2.24) is 19.9 Å². The number of rotatable bonds is 5. The summed E-state index contributed by atoms with van der Waals surface area (Å²) in [7, 11) is 1.39. The molecule has 1 fully saturated rings. The fraction of sp³-hybridized carbons (Fsp3) is 0.350. The molecule has 0 bridgehead atoms. The topological polar surface area (TPSA) is 68.5 Å². The van der Waals surface area contributed by atoms with E-state index < -0.39 is 29.9 Å². The second-order valence-corrected chi connectivity index (χ2v) is 7.25. The number of benzene rings is 1. The van der Waals surface area contributed by atoms with Crippen molar-refractivity contribution >= 4 is 11.6 Å². The Balaban J connectivity index is 1.75. The van der Waals surface area contributed by atoms with Crippen LogP contribution in [0.5, 0.6) is 5.75 Å². The van der Waals surface area contributed by atoms with Crippen molar-refractivity contribution in [2.45, 2.75) is 32.0 Å². The van der Waals surface area contributed by atoms with Crippen LogP contribution in [0.1, 0.15) is 28.9 Å². The van der Waals surface area contributed by atoms with Gasteiger partial charge in [-0.15, -0.1) is 0 Å². The number of ether oxygens (including phenoxy) is 1. The maximum absolute atomic E-state index is 13.5. The van der Waals surface area contributed by atoms with Gasteiger partial charge >= 0.3 is 6.18 Å². The van der Waals surface area contributed by atoms with Crippen LogP contribution in [-0.2, 0) is 0 Å². The number of nitrogens with zero attached hydrogens (tertiary/aromatic N) is 3. The van der Waals surface area contributed by atoms with E-state index >= 15 is 0 Å². The van der Waals surface area contributed by atoms with Crippen molar-refractivity contribution in [2.75, 3.05) is 7.11 Å². The lowest BCUT2D eigenvalue weighted by atomic mass is 10.1. The van der Waals surface area contributed by atoms with Crippen molar-refractivity contribution in [3.8, 4) is 17.0 Å². The standard InChI is InChI=1S/C20H18F4N4O2/c1-10-7-15(13-6-5-12(21)8-16(13)30-2)26-18-14(9-25-28(10)18)19(29)27-17(11-3-4-11)20(22,23)24/h5-9,11,17H,3-4H2,1-2H3,(H,27,29). The summed E-state index contributed by atoms with van der Waals surface area (Å²) in [6.45, 7) is 1.71. The van der Waals surface area contributed by atoms with Crippen molar-refractivity contribution in [1.29, 1.82) is 0 Å². The van der Waals surface area contributed by atoms with Crippen LogP contribution in [0.3, 0.4) is 0 Å². The van der Waals surface area contributed by atoms with Crippen LogP contribution in [0.25, 0.3) is 16.9 Å². The van der Waals surface area contributed by atoms with E-state index in [1.165, 1.54) is 36.0 Å². The van der Waals surface area contributed by atoms with Gasteiger partial charge in [-0.3, -0.25) is 4.79 Å². The average molecular weight is 422 g/mol. The van der Waals surface area contributed by atoms with Crippen molar-refractivity contribution in [2.24, 2.45) is 5.92 Å². The highest BCUT2D eigenvalue weighted by atomic mass is 19.4. The molecule has 1 N–H and O–H groups in total. The molecule has 0 radical (unpaired) electrons. The quantitative estimate of drug-likeness (QED) is 0.633. The highest BCUT2D eigenvalue weighted by Gasteiger charge is 2.49. The van der Waals surface area contributed by atoms with Crippen LogP contribution < -0.4 is 10.1 Å². The molecule has 1 aromatic carbocycles. The van der Waals surface area contributed by atoms with Gasteiger partial charge in [0.05, 0.1) is 19.0 Å². The molecule has 1 saturated carbocycles. The van der Waals surface area contributed by atoms with Gasteiger partial charge in [0, 0.05) is 17.3 Å². The summed E-state index contributed by atoms with van der Waals surface area (Å²) < 4.78 is 60.0. The minimum atomic E-state index is -4.53. The summed E-state index contributed by atoms with van der Waals surface area (Å²) in [6, 6.07) is 3.69. The molecular formula is C20H18F4N4O2. The third-order valence-electron chi connectivity index (χ3n) is 5.07. The first kappa shape index (κ1) is 20.1. The van der Waals surface area contributed by atoms with E-state index in [2.05, 4.69) is 15.4 Å². The second kappa shape index (κ2) is 7.26. The molecule has 2 heterocycles. The summed E-state index contributed by atoms with van der Waals surface area (Å²) in [4.78, 5) is 17.1. The normalized spacial score (nSPS) is 15.3. The highest BCUT2D eigenvalue weighted by Crippen LogP contribution is 2.40. The molecule has 1 unspecified atom stereocenters. The van der Waals surface area contributed by atoms with E-state index in [-0.39, 0.29) is 17.0 Å². The average Bonchev–Trinajstić information content (AvgIpc) is 3.42. The maximum Gasteiger partial charge on any atom is 0.408 e. The Bertz CT molecular complexity index is 1120. The van der Waals surface area contributed by atoms with Gasteiger partial charge in [0.15, 0.2) is 5.65 Å². The first-order valence-electron chi connectivity index (χ1n) is 9.26. The van der Waals surface area contributed by atoms with Crippen LogP contribution >= 0.6 is 0 Å². The maximum atomic E-state index is 13.5. The van der Waals surface area contributed by atoms with Crippen LogP contribution in [-0.4, -0.2) is 39.8 Å². The monoisotopic (exact) mass is 422 g/mol. The highest BCUT2D eigenvalue weighted by molar-refractivity contribution is 6.00. The van der Waals surface area contributed by atoms with Gasteiger partial charge in [-0.25, -0.2) is 13.9 Å². The number of alkyl halides is 3. The van der Waals surface area contributed by atoms with Gasteiger partial charge < -0.3 is 10.1 Å². The number of fused-ring (bicyclic) bond motifs is 1. The molecular weight excluding hydrogens is 404 g/mol. The van der Waals surface area contributed by atoms with Crippen LogP contribution in [0, 0.1) is 18.7 Å². The van der Waals surface area contributed by atoms with Gasteiger partial charge in [0.1, 0.15) is 23.2 Å². The zero-order chi connectivity index (χ0) is 21.6. The summed E-state index contributed by atoms with van der Waals surface area (Å²) in [6.07, 6.45) is -2.50. The molecule has 1 aliphatic carbocycles. The largest absolute Gasteiger partial charge is 0.496 e. The number of hydrogen-bond acceptors (Lipinski definition) is 4. The predicted molar refractivity (Wildman–Crippen MR) is 99.7 cm³/mol. The Kier molecular flexibility index (Phi) is 4.87. The predicted octanol–water partition coefficient (Wildman–Crippen LogP) is 3.92. The summed E-state index contributed by atoms with van der Waals surface area (Å²) in [5, 5.41) is 6.17. The number of carbonyl (C=O) groups excluding carboxylic acids is 1. The lowest BCUT2D eigenvalue weighted by Crippen LogP contribution is -2.46. The van der Waals surface area contributed by atoms with Crippen LogP contribution in [0.4, 0.5) is 17.6 Å². The van der Waals surface area contributed by atoms with E-state index in [1.54, 1.807) is 13.0 Å². The number of aryl methyl sites for hydroxylation is 1. The molecule has 1 atom stereocenters. The Morgan fingerprint density at radius 3 is 2.67 bits per heavy atom. The van der Waals surface area contributed by atoms with E-state index in [0.29, 0.717) is 29.8 Å². The zero-order valence-electron chi connectivity index (χ0n) is 16.1. The molecule has 0 aliphatic heterocycles. The van der Waals surface area contributed by atoms with E-state index in [1.807, 2.05) is 0 Å². The van der Waals surface area contributed by atoms with Gasteiger partial charge in [-0.1, -0.05) is 0 Å². The minimum Gasteiger partial charge on any atom is -0.496 e. The molecule has 10 heteroatoms. The Morgan fingerprint density at radius 2 is 2.03 bits per heavy atom. The number of nitrogens with one attached hydrogen (secondary N) is 1. The SMILES string of the molecule is COc1cc(F)ccc1-c1cc(C)n2ncc(C(=O)NC(C3CC3)C(F)(F)F)c2n1. The molecule has 30 heavy (non-hydrogen) atoms. The molecule has 4 rings (SSSR count). The van der Waals surface area contributed by atoms with Gasteiger partial charge in [0.25, 0.3) is 5.91 Å². The van der Waals surface area contributed by atoms with Crippen LogP contribution in [0.15, 0.2) is 30.5 Å². The van der Waals surface area contributed by atoms with E-state index in [0.717, 1.165) is 0 Å². The van der Waals surface area contributed by atoms with Gasteiger partial charge in [-0.2, -0.15) is 18.3 Å². The third-order valence-corrected chi connectivity index (χ3v) is 5.07. The third kappa shape index (κ3) is 3.69. The number of methoxy groups -OCH3 is 1. The Morgan fingerprint density at radius 1 is 1.30 bits per heavy atom. The Hall–Kier alpha value is -3.17. The summed E-state index contributed by atoms with van der Waals surface area (Å²) >= 11 is 0. The van der Waals surface area contributed by atoms with Gasteiger partial charge in [0.2, 0.25) is 0 Å². The molecule has 3 aromatic rings. The summed E-state index contributed by atoms with van der Waals surface area (Å²) in [5.41, 5.74) is 1.47. The molecule has 2 aromatic heterocycles. The van der Waals surface area contributed by atoms with E-state index in [4.69, 9.17) is 4.74 Å². The zero-order valence-corrected chi connectivity index (χ0v) is 16.1. The van der Waals surface area contributed by atoms with Gasteiger partial charge in [-0.05, 0) is 43.9 Å². The lowest BCUT2D eigenvalue weighted by molar-refractivity contribution is -0.158. The van der Waals surface area contributed by atoms with E-state index in [9.17, 15) is 22.4 Å². The van der Waals surface area contributed by atoms with Crippen molar-refractivity contribution in [3.05, 3.63) is 47.5 Å². The fourth-order valence-corrected chi connectivity index (χ4v) is 3.40. The molecule has 158 valence electrons. The lowest BCUT2D eigenvalue weighted by Gasteiger charge is -2.21. The van der Waals surface area contributed by atoms with Crippen molar-refractivity contribution < 1.29 is 27.1 Å². The Labute approximate surface area is 168 Å². The first-order valence-corrected chi connectivity index (χ1v) is 9.26. The number of carbonyl (C=O) groups is 1. The van der Waals surface area contributed by atoms with Crippen molar-refractivity contribution in [3.63, 3.8) is 0 Å². The molecule has 1 aliphatic rings. The molecule has 0 spiro atoms. The fourth-order valence-electron chi connectivity index (χ4n) is 3.40. The number of hydrogen-bond donors (Lipinski definition) is 1. The van der Waals surface area contributed by atoms with Crippen LogP contribution in [0.2, 0.25) is 0 Å². The number of halogens is 4. The molecule has 0 saturated heterocycles. The molecule has 1 amide bonds. The number of aromatic nitrogens is 3. The minimum absolute atomic E-state index is 0.0732. The summed E-state index contributed by atoms with van der Waals surface area (Å²) in [5.74, 6) is -1.75. The first-order chi connectivity index (χ1) is 14.2. The molecule has 6 nitrogen and oxygen atoms in total. The number of amides is 1. The second-order valence-electron chi connectivity index (χ2n) is 7.25. The smallest absolute Gasteiger partial charge is 0.408 e.